The lowest BCUT2D eigenvalue weighted by Gasteiger charge is -2.33. The van der Waals surface area contributed by atoms with E-state index >= 15 is 0 Å². The number of ether oxygens (including phenoxy) is 2. The van der Waals surface area contributed by atoms with E-state index in [2.05, 4.69) is 6.58 Å². The summed E-state index contributed by atoms with van der Waals surface area (Å²) in [6.07, 6.45) is 1.25. The lowest BCUT2D eigenvalue weighted by atomic mass is 9.84. The maximum atomic E-state index is 13.0. The van der Waals surface area contributed by atoms with Gasteiger partial charge in [-0.05, 0) is 68.2 Å². The molecular weight excluding hydrogens is 334 g/mol. The Labute approximate surface area is 156 Å². The van der Waals surface area contributed by atoms with Crippen molar-refractivity contribution in [3.63, 3.8) is 0 Å². The summed E-state index contributed by atoms with van der Waals surface area (Å²) >= 11 is 0. The normalized spacial score (nSPS) is 18.5. The van der Waals surface area contributed by atoms with Crippen LogP contribution in [0.5, 0.6) is 0 Å². The van der Waals surface area contributed by atoms with Gasteiger partial charge in [0.15, 0.2) is 0 Å². The number of carbonyl (C=O) groups is 3. The molecule has 148 valence electrons. The van der Waals surface area contributed by atoms with Crippen molar-refractivity contribution in [1.82, 2.24) is 4.90 Å². The molecule has 1 fully saturated rings. The van der Waals surface area contributed by atoms with Crippen LogP contribution in [0, 0.1) is 5.41 Å². The Bertz CT molecular complexity index is 592. The largest absolute Gasteiger partial charge is 0.459 e. The molecule has 1 rings (SSSR count). The minimum atomic E-state index is -1.19. The molecule has 0 aromatic rings. The third kappa shape index (κ3) is 5.58. The third-order valence-electron chi connectivity index (χ3n) is 4.11. The van der Waals surface area contributed by atoms with Crippen LogP contribution in [-0.2, 0) is 23.9 Å². The maximum Gasteiger partial charge on any atom is 0.329 e. The molecule has 0 unspecified atom stereocenters. The third-order valence-corrected chi connectivity index (χ3v) is 4.11. The topological polar surface area (TPSA) is 72.9 Å². The lowest BCUT2D eigenvalue weighted by Crippen LogP contribution is -2.47. The highest BCUT2D eigenvalue weighted by Crippen LogP contribution is 2.32. The summed E-state index contributed by atoms with van der Waals surface area (Å²) < 4.78 is 10.8. The predicted octanol–water partition coefficient (Wildman–Crippen LogP) is 3.24. The number of nitrogens with zero attached hydrogens (tertiary/aromatic N) is 1. The van der Waals surface area contributed by atoms with Gasteiger partial charge in [-0.2, -0.15) is 0 Å². The molecule has 1 atom stereocenters. The molecule has 0 saturated carbocycles. The van der Waals surface area contributed by atoms with Gasteiger partial charge in [0.2, 0.25) is 0 Å². The molecule has 0 spiro atoms. The van der Waals surface area contributed by atoms with Crippen molar-refractivity contribution in [2.24, 2.45) is 5.41 Å². The van der Waals surface area contributed by atoms with Gasteiger partial charge in [0, 0.05) is 12.1 Å². The Morgan fingerprint density at radius 1 is 0.923 bits per heavy atom. The van der Waals surface area contributed by atoms with Crippen LogP contribution in [0.25, 0.3) is 0 Å². The van der Waals surface area contributed by atoms with Crippen molar-refractivity contribution >= 4 is 17.8 Å². The molecule has 0 aromatic heterocycles. The molecule has 6 heteroatoms. The van der Waals surface area contributed by atoms with Crippen LogP contribution in [0.3, 0.4) is 0 Å². The van der Waals surface area contributed by atoms with Crippen LogP contribution in [-0.4, -0.2) is 46.5 Å². The number of esters is 2. The van der Waals surface area contributed by atoms with Crippen molar-refractivity contribution in [3.8, 4) is 0 Å². The molecule has 1 saturated heterocycles. The first-order valence-corrected chi connectivity index (χ1v) is 9.03. The van der Waals surface area contributed by atoms with Gasteiger partial charge >= 0.3 is 11.9 Å². The summed E-state index contributed by atoms with van der Waals surface area (Å²) in [4.78, 5) is 39.3. The van der Waals surface area contributed by atoms with E-state index in [9.17, 15) is 14.4 Å². The lowest BCUT2D eigenvalue weighted by molar-refractivity contribution is -0.165. The molecule has 1 heterocycles. The van der Waals surface area contributed by atoms with Crippen LogP contribution in [0.15, 0.2) is 12.2 Å². The van der Waals surface area contributed by atoms with Crippen LogP contribution < -0.4 is 0 Å². The molecule has 0 N–H and O–H groups in total. The average Bonchev–Trinajstić information content (AvgIpc) is 2.91. The van der Waals surface area contributed by atoms with Crippen molar-refractivity contribution in [2.45, 2.75) is 85.5 Å². The maximum absolute atomic E-state index is 13.0. The summed E-state index contributed by atoms with van der Waals surface area (Å²) in [5, 5.41) is 0. The van der Waals surface area contributed by atoms with Gasteiger partial charge in [-0.25, -0.2) is 4.79 Å². The average molecular weight is 367 g/mol. The Balaban J connectivity index is 2.94. The number of hydrogen-bond acceptors (Lipinski definition) is 5. The Morgan fingerprint density at radius 2 is 1.42 bits per heavy atom. The van der Waals surface area contributed by atoms with Gasteiger partial charge in [-0.1, -0.05) is 6.58 Å². The summed E-state index contributed by atoms with van der Waals surface area (Å²) in [7, 11) is 0. The van der Waals surface area contributed by atoms with E-state index in [1.54, 1.807) is 55.4 Å². The number of rotatable bonds is 4. The van der Waals surface area contributed by atoms with E-state index < -0.39 is 40.5 Å². The molecule has 0 bridgehead atoms. The Kier molecular flexibility index (Phi) is 6.32. The molecule has 0 aromatic carbocycles. The monoisotopic (exact) mass is 367 g/mol. The summed E-state index contributed by atoms with van der Waals surface area (Å²) in [6, 6.07) is -0.645. The molecule has 6 nitrogen and oxygen atoms in total. The summed E-state index contributed by atoms with van der Waals surface area (Å²) in [5.41, 5.74) is -2.36. The van der Waals surface area contributed by atoms with E-state index in [0.717, 1.165) is 0 Å². The number of likely N-dealkylation sites (tertiary alicyclic amines) is 1. The van der Waals surface area contributed by atoms with E-state index in [4.69, 9.17) is 9.47 Å². The SMILES string of the molecule is C=C(C(=O)N1CCC[C@@H]1C(=O)OC(C)(C)C)C(C)(C)C(=O)OC(C)(C)C. The van der Waals surface area contributed by atoms with Crippen molar-refractivity contribution in [3.05, 3.63) is 12.2 Å². The van der Waals surface area contributed by atoms with Crippen LogP contribution in [0.4, 0.5) is 0 Å². The first-order chi connectivity index (χ1) is 11.6. The van der Waals surface area contributed by atoms with Gasteiger partial charge in [0.25, 0.3) is 5.91 Å². The molecule has 1 aliphatic rings. The Morgan fingerprint density at radius 3 is 1.88 bits per heavy atom. The van der Waals surface area contributed by atoms with Crippen molar-refractivity contribution in [2.75, 3.05) is 6.54 Å². The highest BCUT2D eigenvalue weighted by atomic mass is 16.6. The van der Waals surface area contributed by atoms with Crippen LogP contribution in [0.2, 0.25) is 0 Å². The van der Waals surface area contributed by atoms with Crippen molar-refractivity contribution in [1.29, 1.82) is 0 Å². The highest BCUT2D eigenvalue weighted by Gasteiger charge is 2.44. The fourth-order valence-corrected chi connectivity index (χ4v) is 2.59. The number of hydrogen-bond donors (Lipinski definition) is 0. The van der Waals surface area contributed by atoms with Crippen LogP contribution >= 0.6 is 0 Å². The second kappa shape index (κ2) is 7.41. The van der Waals surface area contributed by atoms with E-state index in [-0.39, 0.29) is 5.57 Å². The smallest absolute Gasteiger partial charge is 0.329 e. The molecule has 1 aliphatic heterocycles. The fourth-order valence-electron chi connectivity index (χ4n) is 2.59. The molecule has 0 aliphatic carbocycles. The second-order valence-corrected chi connectivity index (χ2v) is 9.30. The zero-order chi connectivity index (χ0) is 20.5. The highest BCUT2D eigenvalue weighted by molar-refractivity contribution is 6.02. The molecule has 1 amide bonds. The van der Waals surface area contributed by atoms with E-state index in [0.29, 0.717) is 19.4 Å². The first-order valence-electron chi connectivity index (χ1n) is 9.03. The minimum Gasteiger partial charge on any atom is -0.459 e. The number of carbonyl (C=O) groups excluding carboxylic acids is 3. The van der Waals surface area contributed by atoms with Gasteiger partial charge in [-0.15, -0.1) is 0 Å². The molecule has 0 radical (unpaired) electrons. The summed E-state index contributed by atoms with van der Waals surface area (Å²) in [5.74, 6) is -1.35. The molecular formula is C20H33NO5. The standard InChI is InChI=1S/C20H33NO5/c1-13(20(8,9)17(24)26-19(5,6)7)15(22)21-12-10-11-14(21)16(23)25-18(2,3)4/h14H,1,10-12H2,2-9H3/t14-/m1/s1. The van der Waals surface area contributed by atoms with E-state index in [1.807, 2.05) is 0 Å². The zero-order valence-corrected chi connectivity index (χ0v) is 17.4. The second-order valence-electron chi connectivity index (χ2n) is 9.30. The van der Waals surface area contributed by atoms with E-state index in [1.165, 1.54) is 4.90 Å². The van der Waals surface area contributed by atoms with Gasteiger partial charge in [0.05, 0.1) is 5.41 Å². The van der Waals surface area contributed by atoms with Crippen LogP contribution in [0.1, 0.15) is 68.2 Å². The minimum absolute atomic E-state index is 0.113. The first kappa shape index (κ1) is 22.2. The van der Waals surface area contributed by atoms with Crippen molar-refractivity contribution < 1.29 is 23.9 Å². The molecule has 26 heavy (non-hydrogen) atoms. The van der Waals surface area contributed by atoms with Gasteiger partial charge < -0.3 is 14.4 Å². The predicted molar refractivity (Wildman–Crippen MR) is 99.3 cm³/mol. The fraction of sp³-hybridized carbons (Fsp3) is 0.750. The zero-order valence-electron chi connectivity index (χ0n) is 17.4. The quantitative estimate of drug-likeness (QED) is 0.563. The number of amides is 1. The summed E-state index contributed by atoms with van der Waals surface area (Å²) in [6.45, 7) is 18.2. The van der Waals surface area contributed by atoms with Gasteiger partial charge in [-0.3, -0.25) is 9.59 Å². The van der Waals surface area contributed by atoms with Gasteiger partial charge in [0.1, 0.15) is 17.2 Å². The Hall–Kier alpha value is -1.85.